The Hall–Kier alpha value is -0.200. The van der Waals surface area contributed by atoms with Gasteiger partial charge in [0.25, 0.3) is 0 Å². The Morgan fingerprint density at radius 3 is 2.38 bits per heavy atom. The number of Topliss-reactive ketones (excluding diaryl/α,β-unsaturated/α-hetero) is 1. The van der Waals surface area contributed by atoms with Gasteiger partial charge in [-0.05, 0) is 19.5 Å². The highest BCUT2D eigenvalue weighted by atomic mass is 31.1. The van der Waals surface area contributed by atoms with Crippen LogP contribution in [0.1, 0.15) is 26.7 Å². The van der Waals surface area contributed by atoms with Gasteiger partial charge in [-0.25, -0.2) is 0 Å². The molecular formula is C10H16O2P. The van der Waals surface area contributed by atoms with Gasteiger partial charge in [0.1, 0.15) is 5.60 Å². The number of allylic oxidation sites excluding steroid dienone is 1. The highest BCUT2D eigenvalue weighted by Crippen LogP contribution is 2.35. The van der Waals surface area contributed by atoms with Crippen molar-refractivity contribution in [3.63, 3.8) is 0 Å². The van der Waals surface area contributed by atoms with Crippen molar-refractivity contribution >= 4 is 14.6 Å². The average Bonchev–Trinajstić information content (AvgIpc) is 2.96. The van der Waals surface area contributed by atoms with E-state index in [4.69, 9.17) is 4.52 Å². The first-order valence-electron chi connectivity index (χ1n) is 4.64. The lowest BCUT2D eigenvalue weighted by Crippen LogP contribution is -2.38. The molecule has 0 amide bonds. The molecule has 1 atom stereocenters. The lowest BCUT2D eigenvalue weighted by atomic mass is 9.91. The molecule has 1 aliphatic rings. The molecule has 1 rings (SSSR count). The van der Waals surface area contributed by atoms with Gasteiger partial charge in [-0.2, -0.15) is 0 Å². The topological polar surface area (TPSA) is 26.3 Å². The van der Waals surface area contributed by atoms with E-state index in [-0.39, 0.29) is 5.78 Å². The molecule has 73 valence electrons. The SMILES string of the molecule is CCC(CC)(OPC)C(=O)C1=C[CH]1. The maximum atomic E-state index is 11.9. The smallest absolute Gasteiger partial charge is 0.191 e. The summed E-state index contributed by atoms with van der Waals surface area (Å²) in [4.78, 5) is 11.9. The van der Waals surface area contributed by atoms with Crippen LogP contribution in [0.15, 0.2) is 11.6 Å². The molecule has 0 saturated heterocycles. The van der Waals surface area contributed by atoms with Gasteiger partial charge in [0, 0.05) is 20.8 Å². The number of carbonyl (C=O) groups excluding carboxylic acids is 1. The predicted molar refractivity (Wildman–Crippen MR) is 56.0 cm³/mol. The minimum absolute atomic E-state index is 0.159. The minimum Gasteiger partial charge on any atom is -0.348 e. The molecule has 0 aromatic heterocycles. The van der Waals surface area contributed by atoms with Gasteiger partial charge < -0.3 is 4.52 Å². The first-order valence-corrected chi connectivity index (χ1v) is 6.05. The molecule has 1 aliphatic carbocycles. The van der Waals surface area contributed by atoms with Crippen molar-refractivity contribution in [2.75, 3.05) is 6.66 Å². The van der Waals surface area contributed by atoms with Gasteiger partial charge >= 0.3 is 0 Å². The van der Waals surface area contributed by atoms with Gasteiger partial charge in [-0.3, -0.25) is 4.79 Å². The van der Waals surface area contributed by atoms with E-state index in [9.17, 15) is 4.79 Å². The maximum Gasteiger partial charge on any atom is 0.191 e. The second-order valence-corrected chi connectivity index (χ2v) is 3.74. The van der Waals surface area contributed by atoms with Crippen LogP contribution in [0, 0.1) is 6.42 Å². The van der Waals surface area contributed by atoms with Gasteiger partial charge in [-0.15, -0.1) is 0 Å². The molecule has 3 heteroatoms. The van der Waals surface area contributed by atoms with E-state index in [2.05, 4.69) is 0 Å². The third kappa shape index (κ3) is 2.18. The Kier molecular flexibility index (Phi) is 3.63. The van der Waals surface area contributed by atoms with Crippen LogP contribution in [0.25, 0.3) is 0 Å². The zero-order chi connectivity index (χ0) is 9.90. The zero-order valence-corrected chi connectivity index (χ0v) is 9.39. The second kappa shape index (κ2) is 4.34. The minimum atomic E-state index is -0.550. The maximum absolute atomic E-state index is 11.9. The number of rotatable bonds is 6. The predicted octanol–water partition coefficient (Wildman–Crippen LogP) is 2.50. The molecule has 0 N–H and O–H groups in total. The molecule has 0 aliphatic heterocycles. The molecule has 0 fully saturated rings. The number of hydrogen-bond donors (Lipinski definition) is 0. The first kappa shape index (κ1) is 10.9. The molecule has 1 unspecified atom stereocenters. The van der Waals surface area contributed by atoms with E-state index in [1.807, 2.05) is 33.0 Å². The summed E-state index contributed by atoms with van der Waals surface area (Å²) in [6, 6.07) is 0. The van der Waals surface area contributed by atoms with E-state index in [1.165, 1.54) is 0 Å². The second-order valence-electron chi connectivity index (χ2n) is 3.13. The summed E-state index contributed by atoms with van der Waals surface area (Å²) in [5.74, 6) is 0.159. The molecular weight excluding hydrogens is 183 g/mol. The molecule has 13 heavy (non-hydrogen) atoms. The van der Waals surface area contributed by atoms with Crippen LogP contribution >= 0.6 is 8.81 Å². The van der Waals surface area contributed by atoms with Crippen LogP contribution in [0.3, 0.4) is 0 Å². The lowest BCUT2D eigenvalue weighted by Gasteiger charge is -2.28. The van der Waals surface area contributed by atoms with Crippen molar-refractivity contribution in [3.05, 3.63) is 18.1 Å². The summed E-state index contributed by atoms with van der Waals surface area (Å²) >= 11 is 0. The average molecular weight is 199 g/mol. The zero-order valence-electron chi connectivity index (χ0n) is 8.39. The first-order chi connectivity index (χ1) is 6.20. The Labute approximate surface area is 81.6 Å². The fourth-order valence-corrected chi connectivity index (χ4v) is 2.19. The van der Waals surface area contributed by atoms with Gasteiger partial charge in [0.05, 0.1) is 0 Å². The quantitative estimate of drug-likeness (QED) is 0.614. The van der Waals surface area contributed by atoms with Gasteiger partial charge in [-0.1, -0.05) is 19.9 Å². The number of hydrogen-bond acceptors (Lipinski definition) is 2. The molecule has 2 nitrogen and oxygen atoms in total. The van der Waals surface area contributed by atoms with Crippen molar-refractivity contribution in [2.24, 2.45) is 0 Å². The molecule has 0 aromatic rings. The fraction of sp³-hybridized carbons (Fsp3) is 0.600. The summed E-state index contributed by atoms with van der Waals surface area (Å²) in [5, 5.41) is 0. The fourth-order valence-electron chi connectivity index (χ4n) is 1.41. The summed E-state index contributed by atoms with van der Waals surface area (Å²) < 4.78 is 5.61. The monoisotopic (exact) mass is 199 g/mol. The van der Waals surface area contributed by atoms with E-state index in [0.29, 0.717) is 8.81 Å². The summed E-state index contributed by atoms with van der Waals surface area (Å²) in [6.45, 7) is 5.97. The molecule has 0 heterocycles. The van der Waals surface area contributed by atoms with Crippen LogP contribution in [0.2, 0.25) is 0 Å². The van der Waals surface area contributed by atoms with Crippen molar-refractivity contribution in [1.29, 1.82) is 0 Å². The van der Waals surface area contributed by atoms with Crippen molar-refractivity contribution in [3.8, 4) is 0 Å². The van der Waals surface area contributed by atoms with Gasteiger partial charge in [0.15, 0.2) is 5.78 Å². The third-order valence-corrected chi connectivity index (χ3v) is 3.04. The van der Waals surface area contributed by atoms with Gasteiger partial charge in [0.2, 0.25) is 0 Å². The normalized spacial score (nSPS) is 16.4. The molecule has 0 aromatic carbocycles. The van der Waals surface area contributed by atoms with E-state index < -0.39 is 5.60 Å². The summed E-state index contributed by atoms with van der Waals surface area (Å²) in [6.07, 6.45) is 5.22. The molecule has 1 radical (unpaired) electrons. The number of carbonyl (C=O) groups is 1. The van der Waals surface area contributed by atoms with Crippen LogP contribution in [0.5, 0.6) is 0 Å². The summed E-state index contributed by atoms with van der Waals surface area (Å²) in [5.41, 5.74) is 0.286. The Morgan fingerprint density at radius 2 is 2.08 bits per heavy atom. The standard InChI is InChI=1S/C10H16O2P/c1-4-10(5-2,12-13-3)9(11)8-6-7-8/h6-7,13H,4-5H2,1-3H3. The number of ketones is 1. The van der Waals surface area contributed by atoms with E-state index >= 15 is 0 Å². The van der Waals surface area contributed by atoms with Crippen molar-refractivity contribution < 1.29 is 9.32 Å². The highest BCUT2D eigenvalue weighted by Gasteiger charge is 2.39. The Balaban J connectivity index is 2.73. The van der Waals surface area contributed by atoms with Crippen LogP contribution in [-0.2, 0) is 9.32 Å². The van der Waals surface area contributed by atoms with Crippen molar-refractivity contribution in [1.82, 2.24) is 0 Å². The molecule has 0 saturated carbocycles. The van der Waals surface area contributed by atoms with Crippen LogP contribution in [-0.4, -0.2) is 18.0 Å². The van der Waals surface area contributed by atoms with Crippen molar-refractivity contribution in [2.45, 2.75) is 32.3 Å². The van der Waals surface area contributed by atoms with Crippen LogP contribution in [0.4, 0.5) is 0 Å². The van der Waals surface area contributed by atoms with E-state index in [1.54, 1.807) is 0 Å². The molecule has 0 bridgehead atoms. The highest BCUT2D eigenvalue weighted by molar-refractivity contribution is 7.31. The third-order valence-electron chi connectivity index (χ3n) is 2.45. The largest absolute Gasteiger partial charge is 0.348 e. The summed E-state index contributed by atoms with van der Waals surface area (Å²) in [7, 11) is 0.374. The van der Waals surface area contributed by atoms with E-state index in [0.717, 1.165) is 18.4 Å². The van der Waals surface area contributed by atoms with Crippen LogP contribution < -0.4 is 0 Å². The molecule has 0 spiro atoms. The Morgan fingerprint density at radius 1 is 1.54 bits per heavy atom. The Bertz CT molecular complexity index is 229. The lowest BCUT2D eigenvalue weighted by molar-refractivity contribution is -0.129.